The van der Waals surface area contributed by atoms with Crippen molar-refractivity contribution in [3.8, 4) is 11.1 Å². The Balaban J connectivity index is 1.54. The number of fused-ring (bicyclic) bond motifs is 1. The molecule has 0 unspecified atom stereocenters. The molecule has 1 aliphatic rings. The van der Waals surface area contributed by atoms with E-state index in [0.717, 1.165) is 37.1 Å². The van der Waals surface area contributed by atoms with Crippen molar-refractivity contribution in [3.63, 3.8) is 0 Å². The summed E-state index contributed by atoms with van der Waals surface area (Å²) in [4.78, 5) is 12.8. The predicted octanol–water partition coefficient (Wildman–Crippen LogP) is 3.59. The van der Waals surface area contributed by atoms with E-state index in [1.807, 2.05) is 6.20 Å². The summed E-state index contributed by atoms with van der Waals surface area (Å²) in [5.74, 6) is 0.666. The quantitative estimate of drug-likeness (QED) is 0.713. The molecule has 6 heteroatoms. The molecule has 0 bridgehead atoms. The second kappa shape index (κ2) is 7.61. The molecule has 1 aliphatic heterocycles. The Bertz CT molecular complexity index is 888. The second-order valence-electron chi connectivity index (χ2n) is 6.60. The van der Waals surface area contributed by atoms with Crippen molar-refractivity contribution in [1.82, 2.24) is 19.9 Å². The molecular formula is C20H23N5S. The van der Waals surface area contributed by atoms with Crippen LogP contribution in [-0.2, 0) is 0 Å². The molecule has 2 aromatic carbocycles. The SMILES string of the molecule is CSc1ccc(-c2ccc3nc(NN4CCN(C)CC4)ncc3c2)cc1. The number of hydrogen-bond acceptors (Lipinski definition) is 6. The maximum atomic E-state index is 4.67. The van der Waals surface area contributed by atoms with Gasteiger partial charge in [-0.05, 0) is 48.7 Å². The number of hydrazine groups is 1. The van der Waals surface area contributed by atoms with Gasteiger partial charge in [0.05, 0.1) is 5.52 Å². The molecule has 1 N–H and O–H groups in total. The summed E-state index contributed by atoms with van der Waals surface area (Å²) in [6.07, 6.45) is 4.00. The van der Waals surface area contributed by atoms with Gasteiger partial charge >= 0.3 is 0 Å². The third-order valence-corrected chi connectivity index (χ3v) is 5.51. The largest absolute Gasteiger partial charge is 0.304 e. The molecule has 4 rings (SSSR count). The maximum Gasteiger partial charge on any atom is 0.238 e. The number of piperazine rings is 1. The number of nitrogens with one attached hydrogen (secondary N) is 1. The third kappa shape index (κ3) is 3.82. The number of thioether (sulfide) groups is 1. The van der Waals surface area contributed by atoms with Crippen molar-refractivity contribution < 1.29 is 0 Å². The number of nitrogens with zero attached hydrogens (tertiary/aromatic N) is 4. The highest BCUT2D eigenvalue weighted by Crippen LogP contribution is 2.26. The number of likely N-dealkylation sites (N-methyl/N-ethyl adjacent to an activating group) is 1. The fourth-order valence-electron chi connectivity index (χ4n) is 3.11. The van der Waals surface area contributed by atoms with E-state index < -0.39 is 0 Å². The van der Waals surface area contributed by atoms with Gasteiger partial charge in [-0.15, -0.1) is 11.8 Å². The summed E-state index contributed by atoms with van der Waals surface area (Å²) >= 11 is 1.76. The summed E-state index contributed by atoms with van der Waals surface area (Å²) in [5.41, 5.74) is 6.69. The van der Waals surface area contributed by atoms with Crippen LogP contribution in [0.1, 0.15) is 0 Å². The van der Waals surface area contributed by atoms with Crippen molar-refractivity contribution in [3.05, 3.63) is 48.7 Å². The first-order chi connectivity index (χ1) is 12.7. The van der Waals surface area contributed by atoms with Crippen LogP contribution in [0.4, 0.5) is 5.95 Å². The van der Waals surface area contributed by atoms with Gasteiger partial charge in [0.2, 0.25) is 5.95 Å². The number of benzene rings is 2. The Kier molecular flexibility index (Phi) is 5.06. The molecule has 0 aliphatic carbocycles. The maximum absolute atomic E-state index is 4.67. The lowest BCUT2D eigenvalue weighted by atomic mass is 10.0. The summed E-state index contributed by atoms with van der Waals surface area (Å²) in [6, 6.07) is 15.0. The monoisotopic (exact) mass is 365 g/mol. The Morgan fingerprint density at radius 1 is 0.962 bits per heavy atom. The standard InChI is InChI=1S/C20H23N5S/c1-24-9-11-25(12-10-24)23-20-21-14-17-13-16(5-8-19(17)22-20)15-3-6-18(26-2)7-4-15/h3-8,13-14H,9-12H2,1-2H3,(H,21,22,23). The molecule has 5 nitrogen and oxygen atoms in total. The number of rotatable bonds is 4. The van der Waals surface area contributed by atoms with Crippen molar-refractivity contribution in [2.45, 2.75) is 4.90 Å². The minimum absolute atomic E-state index is 0.666. The highest BCUT2D eigenvalue weighted by atomic mass is 32.2. The lowest BCUT2D eigenvalue weighted by Crippen LogP contribution is -2.47. The van der Waals surface area contributed by atoms with Crippen LogP contribution in [0.2, 0.25) is 0 Å². The topological polar surface area (TPSA) is 44.3 Å². The number of anilines is 1. The molecule has 0 saturated carbocycles. The van der Waals surface area contributed by atoms with E-state index >= 15 is 0 Å². The lowest BCUT2D eigenvalue weighted by molar-refractivity contribution is 0.178. The zero-order valence-electron chi connectivity index (χ0n) is 15.1. The molecule has 3 aromatic rings. The molecule has 0 spiro atoms. The van der Waals surface area contributed by atoms with Crippen molar-refractivity contribution in [1.29, 1.82) is 0 Å². The molecule has 26 heavy (non-hydrogen) atoms. The zero-order valence-corrected chi connectivity index (χ0v) is 16.0. The van der Waals surface area contributed by atoms with Crippen LogP contribution in [0.25, 0.3) is 22.0 Å². The fourth-order valence-corrected chi connectivity index (χ4v) is 3.52. The Morgan fingerprint density at radius 3 is 2.42 bits per heavy atom. The van der Waals surface area contributed by atoms with Crippen LogP contribution in [0, 0.1) is 0 Å². The average molecular weight is 366 g/mol. The minimum Gasteiger partial charge on any atom is -0.304 e. The van der Waals surface area contributed by atoms with Crippen LogP contribution >= 0.6 is 11.8 Å². The van der Waals surface area contributed by atoms with Crippen LogP contribution in [0.15, 0.2) is 53.6 Å². The second-order valence-corrected chi connectivity index (χ2v) is 7.48. The summed E-state index contributed by atoms with van der Waals surface area (Å²) in [7, 11) is 2.15. The van der Waals surface area contributed by atoms with Gasteiger partial charge < -0.3 is 4.90 Å². The van der Waals surface area contributed by atoms with Crippen molar-refractivity contribution in [2.75, 3.05) is 44.9 Å². The molecule has 1 saturated heterocycles. The van der Waals surface area contributed by atoms with E-state index in [2.05, 4.69) is 81.1 Å². The highest BCUT2D eigenvalue weighted by molar-refractivity contribution is 7.98. The highest BCUT2D eigenvalue weighted by Gasteiger charge is 2.14. The normalized spacial score (nSPS) is 16.1. The molecule has 1 aromatic heterocycles. The van der Waals surface area contributed by atoms with Gasteiger partial charge in [-0.2, -0.15) is 0 Å². The first kappa shape index (κ1) is 17.3. The van der Waals surface area contributed by atoms with E-state index in [9.17, 15) is 0 Å². The molecular weight excluding hydrogens is 342 g/mol. The van der Waals surface area contributed by atoms with Gasteiger partial charge in [0.1, 0.15) is 0 Å². The van der Waals surface area contributed by atoms with Crippen LogP contribution in [0.3, 0.4) is 0 Å². The van der Waals surface area contributed by atoms with Crippen LogP contribution < -0.4 is 5.43 Å². The van der Waals surface area contributed by atoms with E-state index in [0.29, 0.717) is 5.95 Å². The Labute approximate surface area is 158 Å². The van der Waals surface area contributed by atoms with Gasteiger partial charge in [-0.25, -0.2) is 15.0 Å². The summed E-state index contributed by atoms with van der Waals surface area (Å²) in [5, 5.41) is 3.24. The van der Waals surface area contributed by atoms with Crippen LogP contribution in [-0.4, -0.2) is 59.4 Å². The minimum atomic E-state index is 0.666. The first-order valence-electron chi connectivity index (χ1n) is 8.83. The van der Waals surface area contributed by atoms with Crippen molar-refractivity contribution in [2.24, 2.45) is 0 Å². The summed E-state index contributed by atoms with van der Waals surface area (Å²) < 4.78 is 0. The predicted molar refractivity (Wildman–Crippen MR) is 109 cm³/mol. The van der Waals surface area contributed by atoms with Gasteiger partial charge in [-0.1, -0.05) is 18.2 Å². The van der Waals surface area contributed by atoms with Gasteiger partial charge in [0.25, 0.3) is 0 Å². The molecule has 2 heterocycles. The Hall–Kier alpha value is -2.15. The van der Waals surface area contributed by atoms with E-state index in [-0.39, 0.29) is 0 Å². The Morgan fingerprint density at radius 2 is 1.69 bits per heavy atom. The molecule has 0 amide bonds. The number of aromatic nitrogens is 2. The molecule has 0 atom stereocenters. The van der Waals surface area contributed by atoms with E-state index in [4.69, 9.17) is 0 Å². The van der Waals surface area contributed by atoms with Crippen LogP contribution in [0.5, 0.6) is 0 Å². The smallest absolute Gasteiger partial charge is 0.238 e. The van der Waals surface area contributed by atoms with Crippen molar-refractivity contribution >= 4 is 28.6 Å². The average Bonchev–Trinajstić information content (AvgIpc) is 2.69. The fraction of sp³-hybridized carbons (Fsp3) is 0.300. The molecule has 134 valence electrons. The first-order valence-corrected chi connectivity index (χ1v) is 10.0. The molecule has 1 fully saturated rings. The molecule has 0 radical (unpaired) electrons. The summed E-state index contributed by atoms with van der Waals surface area (Å²) in [6.45, 7) is 4.06. The van der Waals surface area contributed by atoms with Gasteiger partial charge in [-0.3, -0.25) is 5.43 Å². The van der Waals surface area contributed by atoms with Gasteiger partial charge in [0.15, 0.2) is 0 Å². The lowest BCUT2D eigenvalue weighted by Gasteiger charge is -2.32. The van der Waals surface area contributed by atoms with Gasteiger partial charge in [0, 0.05) is 42.7 Å². The zero-order chi connectivity index (χ0) is 17.9. The number of hydrogen-bond donors (Lipinski definition) is 1. The third-order valence-electron chi connectivity index (χ3n) is 4.76. The van der Waals surface area contributed by atoms with E-state index in [1.54, 1.807) is 11.8 Å². The van der Waals surface area contributed by atoms with E-state index in [1.165, 1.54) is 16.0 Å².